The van der Waals surface area contributed by atoms with Crippen LogP contribution in [0.1, 0.15) is 29.5 Å². The summed E-state index contributed by atoms with van der Waals surface area (Å²) >= 11 is 0. The lowest BCUT2D eigenvalue weighted by molar-refractivity contribution is -0.125. The largest absolute Gasteiger partial charge is 0.496 e. The quantitative estimate of drug-likeness (QED) is 0.501. The van der Waals surface area contributed by atoms with E-state index < -0.39 is 0 Å². The topological polar surface area (TPSA) is 111 Å². The zero-order valence-corrected chi connectivity index (χ0v) is 23.4. The number of benzene rings is 2. The molecule has 1 saturated heterocycles. The second-order valence-corrected chi connectivity index (χ2v) is 10.2. The van der Waals surface area contributed by atoms with Crippen molar-refractivity contribution in [1.82, 2.24) is 20.5 Å². The SMILES string of the molecule is COc1cc2ccc1CNC(=O)CCc1ccc(OC)c(c1)OCC(=O)N[C@@H]1CN(Cc3ccncc3)CC[C@@H]1O2. The molecule has 2 aromatic carbocycles. The van der Waals surface area contributed by atoms with Gasteiger partial charge < -0.3 is 29.6 Å². The van der Waals surface area contributed by atoms with Crippen molar-refractivity contribution >= 4 is 11.8 Å². The van der Waals surface area contributed by atoms with Crippen LogP contribution < -0.4 is 29.6 Å². The molecule has 4 heterocycles. The Hall–Kier alpha value is -4.31. The number of nitrogens with one attached hydrogen (secondary N) is 2. The van der Waals surface area contributed by atoms with Gasteiger partial charge in [-0.15, -0.1) is 0 Å². The Morgan fingerprint density at radius 1 is 0.976 bits per heavy atom. The minimum Gasteiger partial charge on any atom is -0.496 e. The van der Waals surface area contributed by atoms with Crippen molar-refractivity contribution in [2.75, 3.05) is 33.9 Å². The number of hydrogen-bond donors (Lipinski definition) is 2. The minimum atomic E-state index is -0.276. The van der Waals surface area contributed by atoms with Gasteiger partial charge in [-0.05, 0) is 60.4 Å². The van der Waals surface area contributed by atoms with Gasteiger partial charge in [-0.25, -0.2) is 0 Å². The number of aryl methyl sites for hydroxylation is 1. The molecule has 0 saturated carbocycles. The van der Waals surface area contributed by atoms with E-state index in [2.05, 4.69) is 20.5 Å². The number of fused-ring (bicyclic) bond motifs is 9. The third-order valence-corrected chi connectivity index (χ3v) is 7.38. The van der Waals surface area contributed by atoms with Crippen LogP contribution in [0.5, 0.6) is 23.0 Å². The highest BCUT2D eigenvalue weighted by atomic mass is 16.5. The molecule has 41 heavy (non-hydrogen) atoms. The molecule has 0 aliphatic carbocycles. The highest BCUT2D eigenvalue weighted by molar-refractivity contribution is 5.78. The van der Waals surface area contributed by atoms with Gasteiger partial charge in [0, 0.05) is 56.6 Å². The molecule has 3 aliphatic heterocycles. The molecule has 10 heteroatoms. The van der Waals surface area contributed by atoms with Crippen LogP contribution in [-0.2, 0) is 29.1 Å². The van der Waals surface area contributed by atoms with E-state index in [1.165, 1.54) is 0 Å². The highest BCUT2D eigenvalue weighted by Crippen LogP contribution is 2.30. The molecular weight excluding hydrogens is 524 g/mol. The first-order valence-corrected chi connectivity index (χ1v) is 13.8. The monoisotopic (exact) mass is 560 g/mol. The van der Waals surface area contributed by atoms with E-state index in [4.69, 9.17) is 18.9 Å². The van der Waals surface area contributed by atoms with E-state index in [1.807, 2.05) is 42.5 Å². The Morgan fingerprint density at radius 3 is 2.61 bits per heavy atom. The second-order valence-electron chi connectivity index (χ2n) is 10.2. The molecule has 10 nitrogen and oxygen atoms in total. The predicted octanol–water partition coefficient (Wildman–Crippen LogP) is 2.88. The Bertz CT molecular complexity index is 1350. The maximum absolute atomic E-state index is 13.2. The van der Waals surface area contributed by atoms with Crippen molar-refractivity contribution < 1.29 is 28.5 Å². The first kappa shape index (κ1) is 28.2. The third-order valence-electron chi connectivity index (χ3n) is 7.38. The summed E-state index contributed by atoms with van der Waals surface area (Å²) in [5, 5.41) is 6.12. The van der Waals surface area contributed by atoms with Gasteiger partial charge in [0.05, 0.1) is 20.3 Å². The fourth-order valence-corrected chi connectivity index (χ4v) is 5.21. The van der Waals surface area contributed by atoms with Crippen molar-refractivity contribution in [2.45, 2.75) is 44.5 Å². The average Bonchev–Trinajstić information content (AvgIpc) is 2.99. The summed E-state index contributed by atoms with van der Waals surface area (Å²) in [6, 6.07) is 14.8. The number of carbonyl (C=O) groups is 2. The number of pyridine rings is 1. The van der Waals surface area contributed by atoms with Crippen LogP contribution in [0, 0.1) is 0 Å². The van der Waals surface area contributed by atoms with Crippen molar-refractivity contribution in [3.05, 3.63) is 77.6 Å². The first-order chi connectivity index (χ1) is 20.0. The molecule has 4 bridgehead atoms. The number of ether oxygens (including phenoxy) is 4. The number of methoxy groups -OCH3 is 2. The third kappa shape index (κ3) is 7.46. The van der Waals surface area contributed by atoms with Crippen LogP contribution >= 0.6 is 0 Å². The Morgan fingerprint density at radius 2 is 1.80 bits per heavy atom. The van der Waals surface area contributed by atoms with E-state index in [9.17, 15) is 9.59 Å². The van der Waals surface area contributed by atoms with Crippen LogP contribution in [0.3, 0.4) is 0 Å². The summed E-state index contributed by atoms with van der Waals surface area (Å²) in [5.74, 6) is 1.91. The van der Waals surface area contributed by atoms with E-state index in [0.717, 1.165) is 29.8 Å². The van der Waals surface area contributed by atoms with Crippen molar-refractivity contribution in [3.63, 3.8) is 0 Å². The van der Waals surface area contributed by atoms with Crippen LogP contribution in [-0.4, -0.2) is 67.8 Å². The van der Waals surface area contributed by atoms with E-state index >= 15 is 0 Å². The minimum absolute atomic E-state index is 0.0793. The molecule has 1 aromatic heterocycles. The number of hydrogen-bond acceptors (Lipinski definition) is 8. The average molecular weight is 561 g/mol. The molecule has 3 aromatic rings. The summed E-state index contributed by atoms with van der Waals surface area (Å²) in [5.41, 5.74) is 2.91. The Balaban J connectivity index is 1.40. The number of piperidine rings is 1. The molecular formula is C31H36N4O6. The van der Waals surface area contributed by atoms with Gasteiger partial charge in [-0.1, -0.05) is 6.07 Å². The summed E-state index contributed by atoms with van der Waals surface area (Å²) in [6.45, 7) is 2.32. The maximum atomic E-state index is 13.2. The predicted molar refractivity (Wildman–Crippen MR) is 152 cm³/mol. The number of rotatable bonds is 4. The summed E-state index contributed by atoms with van der Waals surface area (Å²) in [7, 11) is 3.15. The number of amides is 2. The molecule has 1 fully saturated rings. The van der Waals surface area contributed by atoms with Gasteiger partial charge in [0.15, 0.2) is 18.1 Å². The van der Waals surface area contributed by atoms with E-state index in [1.54, 1.807) is 32.7 Å². The molecule has 6 rings (SSSR count). The van der Waals surface area contributed by atoms with Crippen LogP contribution in [0.25, 0.3) is 0 Å². The lowest BCUT2D eigenvalue weighted by Gasteiger charge is -2.39. The fraction of sp³-hybridized carbons (Fsp3) is 0.387. The summed E-state index contributed by atoms with van der Waals surface area (Å²) < 4.78 is 23.4. The molecule has 2 atom stereocenters. The van der Waals surface area contributed by atoms with Crippen LogP contribution in [0.2, 0.25) is 0 Å². The van der Waals surface area contributed by atoms with Crippen molar-refractivity contribution in [2.24, 2.45) is 0 Å². The molecule has 0 spiro atoms. The molecule has 0 unspecified atom stereocenters. The summed E-state index contributed by atoms with van der Waals surface area (Å²) in [4.78, 5) is 32.2. The van der Waals surface area contributed by atoms with Gasteiger partial charge >= 0.3 is 0 Å². The molecule has 2 amide bonds. The fourth-order valence-electron chi connectivity index (χ4n) is 5.21. The zero-order chi connectivity index (χ0) is 28.6. The van der Waals surface area contributed by atoms with Gasteiger partial charge in [0.1, 0.15) is 17.6 Å². The lowest BCUT2D eigenvalue weighted by Crippen LogP contribution is -2.57. The normalized spacial score (nSPS) is 20.1. The van der Waals surface area contributed by atoms with Gasteiger partial charge in [0.2, 0.25) is 5.91 Å². The van der Waals surface area contributed by atoms with Gasteiger partial charge in [-0.2, -0.15) is 0 Å². The standard InChI is InChI=1S/C31H36N4O6/c1-38-27-7-3-21-4-8-30(36)33-17-23-5-6-24(16-28(23)39-2)41-26-11-14-35(18-22-9-12-32-13-10-22)19-25(26)34-31(37)20-40-29(27)15-21/h3,5-7,9-10,12-13,15-16,25-26H,4,8,11,14,17-20H2,1-2H3,(H,33,36)(H,34,37)/t25-,26+/m1/s1. The van der Waals surface area contributed by atoms with Gasteiger partial charge in [0.25, 0.3) is 5.91 Å². The lowest BCUT2D eigenvalue weighted by atomic mass is 10.0. The number of carbonyl (C=O) groups excluding carboxylic acids is 2. The highest BCUT2D eigenvalue weighted by Gasteiger charge is 2.32. The van der Waals surface area contributed by atoms with Crippen molar-refractivity contribution in [1.29, 1.82) is 0 Å². The first-order valence-electron chi connectivity index (χ1n) is 13.8. The van der Waals surface area contributed by atoms with Gasteiger partial charge in [-0.3, -0.25) is 19.5 Å². The molecule has 2 N–H and O–H groups in total. The van der Waals surface area contributed by atoms with Crippen LogP contribution in [0.4, 0.5) is 0 Å². The Kier molecular flexibility index (Phi) is 9.20. The number of likely N-dealkylation sites (tertiary alicyclic amines) is 1. The van der Waals surface area contributed by atoms with Crippen molar-refractivity contribution in [3.8, 4) is 23.0 Å². The Labute approximate surface area is 239 Å². The molecule has 0 radical (unpaired) electrons. The number of nitrogens with zero attached hydrogens (tertiary/aromatic N) is 2. The summed E-state index contributed by atoms with van der Waals surface area (Å²) in [6.07, 6.45) is 4.84. The van der Waals surface area contributed by atoms with E-state index in [-0.39, 0.29) is 30.6 Å². The molecule has 216 valence electrons. The maximum Gasteiger partial charge on any atom is 0.258 e. The van der Waals surface area contributed by atoms with E-state index in [0.29, 0.717) is 55.4 Å². The smallest absolute Gasteiger partial charge is 0.258 e. The van der Waals surface area contributed by atoms with Crippen LogP contribution in [0.15, 0.2) is 60.9 Å². The molecule has 3 aliphatic rings. The number of aromatic nitrogens is 1. The second kappa shape index (κ2) is 13.4. The zero-order valence-electron chi connectivity index (χ0n) is 23.4.